The molecule has 0 radical (unpaired) electrons. The third-order valence-electron chi connectivity index (χ3n) is 4.08. The average Bonchev–Trinajstić information content (AvgIpc) is 2.24. The van der Waals surface area contributed by atoms with Crippen molar-refractivity contribution in [2.75, 3.05) is 0 Å². The van der Waals surface area contributed by atoms with E-state index in [1.807, 2.05) is 13.8 Å². The van der Waals surface area contributed by atoms with Crippen molar-refractivity contribution in [3.63, 3.8) is 0 Å². The SMILES string of the molecule is CC(C)C(=O)C1(OC2CCC2)CCCCC1. The third kappa shape index (κ3) is 2.32. The lowest BCUT2D eigenvalue weighted by molar-refractivity contribution is -0.171. The molecule has 0 bridgehead atoms. The lowest BCUT2D eigenvalue weighted by Gasteiger charge is -2.42. The van der Waals surface area contributed by atoms with Gasteiger partial charge in [0.15, 0.2) is 5.78 Å². The molecule has 0 atom stereocenters. The summed E-state index contributed by atoms with van der Waals surface area (Å²) in [6, 6.07) is 0. The first-order chi connectivity index (χ1) is 7.64. The molecule has 2 rings (SSSR count). The highest BCUT2D eigenvalue weighted by atomic mass is 16.5. The van der Waals surface area contributed by atoms with Crippen LogP contribution in [-0.4, -0.2) is 17.5 Å². The highest BCUT2D eigenvalue weighted by Gasteiger charge is 2.43. The smallest absolute Gasteiger partial charge is 0.167 e. The number of ether oxygens (including phenoxy) is 1. The van der Waals surface area contributed by atoms with Crippen molar-refractivity contribution in [3.8, 4) is 0 Å². The summed E-state index contributed by atoms with van der Waals surface area (Å²) in [5.74, 6) is 0.456. The molecule has 2 heteroatoms. The van der Waals surface area contributed by atoms with Gasteiger partial charge in [0.25, 0.3) is 0 Å². The molecule has 2 saturated carbocycles. The number of hydrogen-bond donors (Lipinski definition) is 0. The number of hydrogen-bond acceptors (Lipinski definition) is 2. The fourth-order valence-electron chi connectivity index (χ4n) is 2.88. The summed E-state index contributed by atoms with van der Waals surface area (Å²) in [4.78, 5) is 12.4. The second kappa shape index (κ2) is 4.87. The Bertz CT molecular complexity index is 247. The maximum absolute atomic E-state index is 12.4. The van der Waals surface area contributed by atoms with Gasteiger partial charge in [-0.3, -0.25) is 4.79 Å². The zero-order chi connectivity index (χ0) is 11.6. The van der Waals surface area contributed by atoms with Crippen LogP contribution in [0.1, 0.15) is 65.2 Å². The molecule has 92 valence electrons. The minimum absolute atomic E-state index is 0.109. The van der Waals surface area contributed by atoms with Gasteiger partial charge in [0.1, 0.15) is 5.60 Å². The first-order valence-electron chi connectivity index (χ1n) is 6.86. The van der Waals surface area contributed by atoms with E-state index < -0.39 is 5.60 Å². The summed E-state index contributed by atoms with van der Waals surface area (Å²) < 4.78 is 6.19. The molecule has 2 fully saturated rings. The van der Waals surface area contributed by atoms with Crippen LogP contribution in [0.4, 0.5) is 0 Å². The fraction of sp³-hybridized carbons (Fsp3) is 0.929. The molecule has 0 heterocycles. The van der Waals surface area contributed by atoms with Crippen LogP contribution in [0.2, 0.25) is 0 Å². The van der Waals surface area contributed by atoms with Gasteiger partial charge in [-0.1, -0.05) is 33.1 Å². The van der Waals surface area contributed by atoms with E-state index in [0.29, 0.717) is 11.9 Å². The Morgan fingerprint density at radius 3 is 2.19 bits per heavy atom. The maximum Gasteiger partial charge on any atom is 0.167 e. The van der Waals surface area contributed by atoms with E-state index in [2.05, 4.69) is 0 Å². The van der Waals surface area contributed by atoms with Gasteiger partial charge in [0.05, 0.1) is 6.10 Å². The van der Waals surface area contributed by atoms with Crippen LogP contribution in [0.25, 0.3) is 0 Å². The van der Waals surface area contributed by atoms with Gasteiger partial charge in [0.2, 0.25) is 0 Å². The molecule has 0 spiro atoms. The van der Waals surface area contributed by atoms with Crippen molar-refractivity contribution in [1.29, 1.82) is 0 Å². The van der Waals surface area contributed by atoms with E-state index in [4.69, 9.17) is 4.74 Å². The summed E-state index contributed by atoms with van der Waals surface area (Å²) >= 11 is 0. The number of Topliss-reactive ketones (excluding diaryl/α,β-unsaturated/α-hetero) is 1. The molecule has 0 saturated heterocycles. The van der Waals surface area contributed by atoms with E-state index >= 15 is 0 Å². The number of rotatable bonds is 4. The van der Waals surface area contributed by atoms with Crippen LogP contribution in [0.5, 0.6) is 0 Å². The molecule has 0 aliphatic heterocycles. The largest absolute Gasteiger partial charge is 0.364 e. The quantitative estimate of drug-likeness (QED) is 0.730. The molecule has 0 aromatic heterocycles. The van der Waals surface area contributed by atoms with Gasteiger partial charge < -0.3 is 4.74 Å². The van der Waals surface area contributed by atoms with Crippen LogP contribution >= 0.6 is 0 Å². The Morgan fingerprint density at radius 2 is 1.75 bits per heavy atom. The van der Waals surface area contributed by atoms with Gasteiger partial charge in [-0.25, -0.2) is 0 Å². The Balaban J connectivity index is 2.06. The third-order valence-corrected chi connectivity index (χ3v) is 4.08. The summed E-state index contributed by atoms with van der Waals surface area (Å²) in [6.45, 7) is 4.01. The van der Waals surface area contributed by atoms with Crippen molar-refractivity contribution >= 4 is 5.78 Å². The topological polar surface area (TPSA) is 26.3 Å². The first-order valence-corrected chi connectivity index (χ1v) is 6.86. The predicted molar refractivity (Wildman–Crippen MR) is 64.4 cm³/mol. The Kier molecular flexibility index (Phi) is 3.68. The van der Waals surface area contributed by atoms with Crippen LogP contribution in [0.15, 0.2) is 0 Å². The molecule has 0 amide bonds. The minimum atomic E-state index is -0.405. The maximum atomic E-state index is 12.4. The summed E-state index contributed by atoms with van der Waals surface area (Å²) in [7, 11) is 0. The van der Waals surface area contributed by atoms with Gasteiger partial charge in [-0.15, -0.1) is 0 Å². The lowest BCUT2D eigenvalue weighted by Crippen LogP contribution is -2.49. The lowest BCUT2D eigenvalue weighted by atomic mass is 9.77. The van der Waals surface area contributed by atoms with Gasteiger partial charge in [0, 0.05) is 5.92 Å². The van der Waals surface area contributed by atoms with Crippen LogP contribution in [0, 0.1) is 5.92 Å². The van der Waals surface area contributed by atoms with E-state index in [1.165, 1.54) is 12.8 Å². The second-order valence-electron chi connectivity index (χ2n) is 5.74. The Morgan fingerprint density at radius 1 is 1.12 bits per heavy atom. The molecule has 0 unspecified atom stereocenters. The number of carbonyl (C=O) groups is 1. The minimum Gasteiger partial charge on any atom is -0.364 e. The van der Waals surface area contributed by atoms with Crippen molar-refractivity contribution in [2.45, 2.75) is 76.9 Å². The standard InChI is InChI=1S/C14H24O2/c1-11(2)13(15)14(9-4-3-5-10-14)16-12-7-6-8-12/h11-12H,3-10H2,1-2H3. The Hall–Kier alpha value is -0.370. The summed E-state index contributed by atoms with van der Waals surface area (Å²) in [5.41, 5.74) is -0.405. The van der Waals surface area contributed by atoms with Crippen molar-refractivity contribution in [2.24, 2.45) is 5.92 Å². The van der Waals surface area contributed by atoms with Gasteiger partial charge in [-0.05, 0) is 32.1 Å². The Labute approximate surface area is 98.7 Å². The second-order valence-corrected chi connectivity index (χ2v) is 5.74. The average molecular weight is 224 g/mol. The monoisotopic (exact) mass is 224 g/mol. The first kappa shape index (κ1) is 12.1. The molecular weight excluding hydrogens is 200 g/mol. The zero-order valence-corrected chi connectivity index (χ0v) is 10.6. The van der Waals surface area contributed by atoms with Gasteiger partial charge in [-0.2, -0.15) is 0 Å². The molecule has 2 nitrogen and oxygen atoms in total. The van der Waals surface area contributed by atoms with E-state index in [9.17, 15) is 4.79 Å². The van der Waals surface area contributed by atoms with Crippen LogP contribution in [0.3, 0.4) is 0 Å². The summed E-state index contributed by atoms with van der Waals surface area (Å²) in [5, 5.41) is 0. The molecule has 0 aromatic carbocycles. The molecule has 16 heavy (non-hydrogen) atoms. The molecule has 2 aliphatic carbocycles. The van der Waals surface area contributed by atoms with Crippen molar-refractivity contribution in [1.82, 2.24) is 0 Å². The van der Waals surface area contributed by atoms with Gasteiger partial charge >= 0.3 is 0 Å². The molecule has 0 aromatic rings. The van der Waals surface area contributed by atoms with Crippen molar-refractivity contribution < 1.29 is 9.53 Å². The predicted octanol–water partition coefficient (Wildman–Crippen LogP) is 3.48. The van der Waals surface area contributed by atoms with E-state index in [-0.39, 0.29) is 5.92 Å². The zero-order valence-electron chi connectivity index (χ0n) is 10.6. The highest BCUT2D eigenvalue weighted by Crippen LogP contribution is 2.38. The fourth-order valence-corrected chi connectivity index (χ4v) is 2.88. The number of carbonyl (C=O) groups excluding carboxylic acids is 1. The number of ketones is 1. The molecule has 2 aliphatic rings. The van der Waals surface area contributed by atoms with E-state index in [1.54, 1.807) is 0 Å². The van der Waals surface area contributed by atoms with Crippen LogP contribution < -0.4 is 0 Å². The van der Waals surface area contributed by atoms with E-state index in [0.717, 1.165) is 38.5 Å². The molecular formula is C14H24O2. The van der Waals surface area contributed by atoms with Crippen molar-refractivity contribution in [3.05, 3.63) is 0 Å². The van der Waals surface area contributed by atoms with Crippen LogP contribution in [-0.2, 0) is 9.53 Å². The summed E-state index contributed by atoms with van der Waals surface area (Å²) in [6.07, 6.45) is 9.47. The normalized spacial score (nSPS) is 25.4. The molecule has 0 N–H and O–H groups in total. The highest BCUT2D eigenvalue weighted by molar-refractivity contribution is 5.89.